The highest BCUT2D eigenvalue weighted by Gasteiger charge is 2.33. The first-order chi connectivity index (χ1) is 19.9. The standard InChI is InChI=1S/C31H29FN6O3.CH4.H2S/c1-18-23-11-13-37(31(40)29(23)38(34-18)21-7-9-28-25(15-21)30(33)35-41-28)27-8-6-19(14-26(27)32)24-5-3-2-4-20(24)16-36-12-10-22(39)17-36;;/h2-9,14-15,22,39H,10-13,16-17H2,1H3,(H2,33,35);1H4;1H2/t22-;;/m0../s1. The van der Waals surface area contributed by atoms with Crippen LogP contribution >= 0.6 is 13.5 Å². The molecule has 224 valence electrons. The van der Waals surface area contributed by atoms with Crippen molar-refractivity contribution in [2.75, 3.05) is 30.3 Å². The molecule has 4 heterocycles. The van der Waals surface area contributed by atoms with Gasteiger partial charge in [0.15, 0.2) is 11.4 Å². The second-order valence-electron chi connectivity index (χ2n) is 10.8. The summed E-state index contributed by atoms with van der Waals surface area (Å²) in [7, 11) is 0. The number of likely N-dealkylation sites (tertiary alicyclic amines) is 1. The van der Waals surface area contributed by atoms with Gasteiger partial charge in [0, 0.05) is 31.7 Å². The zero-order valence-electron chi connectivity index (χ0n) is 23.0. The third-order valence-corrected chi connectivity index (χ3v) is 8.15. The number of rotatable bonds is 5. The Balaban J connectivity index is 0.00000184. The minimum absolute atomic E-state index is 0. The van der Waals surface area contributed by atoms with Crippen LogP contribution in [0.2, 0.25) is 0 Å². The Labute approximate surface area is 256 Å². The minimum atomic E-state index is -0.466. The molecule has 2 aliphatic rings. The van der Waals surface area contributed by atoms with E-state index in [1.165, 1.54) is 11.0 Å². The maximum absolute atomic E-state index is 15.8. The van der Waals surface area contributed by atoms with Gasteiger partial charge in [0.2, 0.25) is 0 Å². The van der Waals surface area contributed by atoms with Crippen molar-refractivity contribution in [3.8, 4) is 16.8 Å². The molecule has 11 heteroatoms. The molecule has 43 heavy (non-hydrogen) atoms. The highest BCUT2D eigenvalue weighted by molar-refractivity contribution is 7.59. The highest BCUT2D eigenvalue weighted by atomic mass is 32.1. The Kier molecular flexibility index (Phi) is 8.33. The second kappa shape index (κ2) is 11.8. The van der Waals surface area contributed by atoms with E-state index in [9.17, 15) is 9.90 Å². The third kappa shape index (κ3) is 5.28. The van der Waals surface area contributed by atoms with Crippen molar-refractivity contribution in [2.24, 2.45) is 0 Å². The molecule has 9 nitrogen and oxygen atoms in total. The topological polar surface area (TPSA) is 114 Å². The number of aliphatic hydroxyl groups excluding tert-OH is 1. The maximum Gasteiger partial charge on any atom is 0.277 e. The van der Waals surface area contributed by atoms with Gasteiger partial charge in [-0.15, -0.1) is 0 Å². The molecule has 0 radical (unpaired) electrons. The molecule has 0 saturated carbocycles. The monoisotopic (exact) mass is 602 g/mol. The summed E-state index contributed by atoms with van der Waals surface area (Å²) in [5.74, 6) is -0.522. The number of halogens is 1. The van der Waals surface area contributed by atoms with Crippen LogP contribution in [-0.2, 0) is 13.0 Å². The number of aromatic nitrogens is 3. The molecule has 2 aromatic heterocycles. The highest BCUT2D eigenvalue weighted by Crippen LogP contribution is 2.34. The van der Waals surface area contributed by atoms with E-state index < -0.39 is 5.82 Å². The van der Waals surface area contributed by atoms with Crippen LogP contribution < -0.4 is 10.6 Å². The van der Waals surface area contributed by atoms with Crippen LogP contribution in [0, 0.1) is 12.7 Å². The Morgan fingerprint density at radius 3 is 2.70 bits per heavy atom. The average molecular weight is 603 g/mol. The molecule has 7 rings (SSSR count). The van der Waals surface area contributed by atoms with Gasteiger partial charge in [-0.25, -0.2) is 9.07 Å². The second-order valence-corrected chi connectivity index (χ2v) is 10.8. The van der Waals surface area contributed by atoms with E-state index in [1.807, 2.05) is 37.3 Å². The van der Waals surface area contributed by atoms with E-state index in [-0.39, 0.29) is 44.4 Å². The molecule has 1 amide bonds. The molecule has 5 aromatic rings. The van der Waals surface area contributed by atoms with Crippen LogP contribution in [0.4, 0.5) is 15.9 Å². The fraction of sp³-hybridized carbons (Fsp3) is 0.281. The van der Waals surface area contributed by atoms with E-state index in [0.717, 1.165) is 40.9 Å². The van der Waals surface area contributed by atoms with Gasteiger partial charge in [-0.3, -0.25) is 9.69 Å². The SMILES string of the molecule is C.Cc1nn(-c2ccc3onc(N)c3c2)c2c1CCN(c1ccc(-c3ccccc3CN3CC[C@H](O)C3)cc1F)C2=O.S. The number of fused-ring (bicyclic) bond motifs is 2. The molecule has 0 aliphatic carbocycles. The van der Waals surface area contributed by atoms with Crippen molar-refractivity contribution in [1.29, 1.82) is 0 Å². The summed E-state index contributed by atoms with van der Waals surface area (Å²) < 4.78 is 22.6. The van der Waals surface area contributed by atoms with Crippen molar-refractivity contribution in [3.05, 3.63) is 89.0 Å². The predicted molar refractivity (Wildman–Crippen MR) is 171 cm³/mol. The number of aliphatic hydroxyl groups is 1. The third-order valence-electron chi connectivity index (χ3n) is 8.15. The minimum Gasteiger partial charge on any atom is -0.392 e. The molecule has 1 fully saturated rings. The normalized spacial score (nSPS) is 16.7. The van der Waals surface area contributed by atoms with Gasteiger partial charge in [-0.05, 0) is 66.8 Å². The largest absolute Gasteiger partial charge is 0.392 e. The van der Waals surface area contributed by atoms with E-state index in [0.29, 0.717) is 48.4 Å². The number of nitrogen functional groups attached to an aromatic ring is 1. The molecule has 0 bridgehead atoms. The maximum atomic E-state index is 15.8. The Morgan fingerprint density at radius 2 is 1.93 bits per heavy atom. The van der Waals surface area contributed by atoms with E-state index in [4.69, 9.17) is 10.3 Å². The summed E-state index contributed by atoms with van der Waals surface area (Å²) in [5, 5.41) is 19.0. The number of nitrogens with two attached hydrogens (primary N) is 1. The number of carbonyl (C=O) groups is 1. The van der Waals surface area contributed by atoms with Gasteiger partial charge < -0.3 is 20.3 Å². The van der Waals surface area contributed by atoms with E-state index in [1.54, 1.807) is 28.9 Å². The summed E-state index contributed by atoms with van der Waals surface area (Å²) in [6.45, 7) is 4.37. The van der Waals surface area contributed by atoms with Gasteiger partial charge in [0.1, 0.15) is 11.5 Å². The van der Waals surface area contributed by atoms with Crippen LogP contribution in [0.5, 0.6) is 0 Å². The number of β-amino-alcohol motifs (C(OH)–C–C–N with tert-alkyl or cyclic N) is 1. The molecule has 0 unspecified atom stereocenters. The van der Waals surface area contributed by atoms with Crippen molar-refractivity contribution >= 4 is 41.9 Å². The lowest BCUT2D eigenvalue weighted by Gasteiger charge is -2.28. The summed E-state index contributed by atoms with van der Waals surface area (Å²) in [6.07, 6.45) is 1.01. The Hall–Kier alpha value is -4.19. The van der Waals surface area contributed by atoms with Crippen molar-refractivity contribution in [1.82, 2.24) is 19.8 Å². The molecule has 2 aliphatic heterocycles. The van der Waals surface area contributed by atoms with Crippen LogP contribution in [0.1, 0.15) is 41.2 Å². The molecule has 1 atom stereocenters. The van der Waals surface area contributed by atoms with Crippen molar-refractivity contribution in [2.45, 2.75) is 39.8 Å². The first kappa shape index (κ1) is 30.3. The zero-order valence-corrected chi connectivity index (χ0v) is 24.0. The molecular formula is C32H35FN6O3S. The fourth-order valence-electron chi connectivity index (χ4n) is 6.06. The molecular weight excluding hydrogens is 567 g/mol. The average Bonchev–Trinajstić information content (AvgIpc) is 3.66. The molecule has 3 aromatic carbocycles. The quantitative estimate of drug-likeness (QED) is 0.283. The number of aryl methyl sites for hydroxylation is 1. The number of hydrogen-bond acceptors (Lipinski definition) is 7. The number of carbonyl (C=O) groups excluding carboxylic acids is 1. The van der Waals surface area contributed by atoms with Crippen molar-refractivity contribution in [3.63, 3.8) is 0 Å². The van der Waals surface area contributed by atoms with Crippen LogP contribution in [-0.4, -0.2) is 56.6 Å². The van der Waals surface area contributed by atoms with Crippen LogP contribution in [0.15, 0.2) is 65.2 Å². The number of benzene rings is 3. The summed E-state index contributed by atoms with van der Waals surface area (Å²) in [5.41, 5.74) is 12.1. The lowest BCUT2D eigenvalue weighted by atomic mass is 9.98. The number of amides is 1. The predicted octanol–water partition coefficient (Wildman–Crippen LogP) is 5.23. The van der Waals surface area contributed by atoms with Crippen LogP contribution in [0.25, 0.3) is 27.8 Å². The number of nitrogens with zero attached hydrogens (tertiary/aromatic N) is 5. The molecule has 0 spiro atoms. The van der Waals surface area contributed by atoms with Gasteiger partial charge in [-0.1, -0.05) is 42.9 Å². The zero-order chi connectivity index (χ0) is 28.2. The van der Waals surface area contributed by atoms with Gasteiger partial charge in [-0.2, -0.15) is 18.6 Å². The fourth-order valence-corrected chi connectivity index (χ4v) is 6.06. The Bertz CT molecular complexity index is 1820. The summed E-state index contributed by atoms with van der Waals surface area (Å²) >= 11 is 0. The lowest BCUT2D eigenvalue weighted by molar-refractivity contribution is 0.0972. The molecule has 1 saturated heterocycles. The first-order valence-electron chi connectivity index (χ1n) is 13.7. The number of anilines is 2. The van der Waals surface area contributed by atoms with Gasteiger partial charge in [0.05, 0.1) is 28.6 Å². The molecule has 3 N–H and O–H groups in total. The lowest BCUT2D eigenvalue weighted by Crippen LogP contribution is -2.39. The Morgan fingerprint density at radius 1 is 1.12 bits per heavy atom. The van der Waals surface area contributed by atoms with E-state index >= 15 is 4.39 Å². The number of hydrogen-bond donors (Lipinski definition) is 2. The van der Waals surface area contributed by atoms with Crippen LogP contribution in [0.3, 0.4) is 0 Å². The van der Waals surface area contributed by atoms with Gasteiger partial charge >= 0.3 is 0 Å². The first-order valence-corrected chi connectivity index (χ1v) is 13.7. The summed E-state index contributed by atoms with van der Waals surface area (Å²) in [4.78, 5) is 17.6. The van der Waals surface area contributed by atoms with E-state index in [2.05, 4.69) is 15.2 Å². The van der Waals surface area contributed by atoms with Crippen molar-refractivity contribution < 1.29 is 18.8 Å². The smallest absolute Gasteiger partial charge is 0.277 e. The summed E-state index contributed by atoms with van der Waals surface area (Å²) in [6, 6.07) is 18.3. The van der Waals surface area contributed by atoms with Gasteiger partial charge in [0.25, 0.3) is 5.91 Å².